The van der Waals surface area contributed by atoms with E-state index in [-0.39, 0.29) is 6.04 Å². The van der Waals surface area contributed by atoms with Crippen molar-refractivity contribution in [2.75, 3.05) is 13.2 Å². The minimum absolute atomic E-state index is 0.174. The van der Waals surface area contributed by atoms with Crippen molar-refractivity contribution in [2.45, 2.75) is 45.8 Å². The maximum absolute atomic E-state index is 9.58. The number of halogens is 1. The number of ether oxygens (including phenoxy) is 1. The highest BCUT2D eigenvalue weighted by molar-refractivity contribution is 6.30. The lowest BCUT2D eigenvalue weighted by molar-refractivity contribution is 0.103. The number of aliphatic hydroxyl groups excluding tert-OH is 1. The fraction of sp³-hybridized carbons (Fsp3) is 0.600. The molecule has 1 aromatic carbocycles. The summed E-state index contributed by atoms with van der Waals surface area (Å²) in [5.74, 6) is 0.785. The smallest absolute Gasteiger partial charge is 0.124 e. The monoisotopic (exact) mass is 285 g/mol. The average Bonchev–Trinajstić information content (AvgIpc) is 2.42. The molecule has 0 aliphatic heterocycles. The first-order chi connectivity index (χ1) is 9.08. The molecular weight excluding hydrogens is 262 g/mol. The predicted molar refractivity (Wildman–Crippen MR) is 80.0 cm³/mol. The van der Waals surface area contributed by atoms with Crippen LogP contribution in [0.15, 0.2) is 18.2 Å². The van der Waals surface area contributed by atoms with Crippen molar-refractivity contribution in [3.8, 4) is 5.75 Å². The Morgan fingerprint density at radius 3 is 2.74 bits per heavy atom. The van der Waals surface area contributed by atoms with Gasteiger partial charge in [-0.15, -0.1) is 0 Å². The Hall–Kier alpha value is -0.770. The van der Waals surface area contributed by atoms with Gasteiger partial charge in [0, 0.05) is 16.6 Å². The molecule has 0 heterocycles. The third-order valence-corrected chi connectivity index (χ3v) is 3.28. The summed E-state index contributed by atoms with van der Waals surface area (Å²) in [6, 6.07) is 5.77. The van der Waals surface area contributed by atoms with Crippen LogP contribution in [-0.2, 0) is 0 Å². The van der Waals surface area contributed by atoms with Crippen LogP contribution in [0.5, 0.6) is 5.75 Å². The quantitative estimate of drug-likeness (QED) is 0.767. The second-order valence-corrected chi connectivity index (χ2v) is 5.17. The molecule has 2 atom stereocenters. The minimum Gasteiger partial charge on any atom is -0.491 e. The topological polar surface area (TPSA) is 41.5 Å². The summed E-state index contributed by atoms with van der Waals surface area (Å²) in [7, 11) is 0. The Bertz CT molecular complexity index is 384. The van der Waals surface area contributed by atoms with Gasteiger partial charge in [-0.3, -0.25) is 0 Å². The predicted octanol–water partition coefficient (Wildman–Crippen LogP) is 3.55. The second kappa shape index (κ2) is 8.41. The summed E-state index contributed by atoms with van der Waals surface area (Å²) >= 11 is 6.05. The molecule has 4 heteroatoms. The van der Waals surface area contributed by atoms with Crippen molar-refractivity contribution in [3.63, 3.8) is 0 Å². The van der Waals surface area contributed by atoms with E-state index in [1.807, 2.05) is 25.1 Å². The summed E-state index contributed by atoms with van der Waals surface area (Å²) in [5.41, 5.74) is 1.03. The molecular formula is C15H24ClNO2. The van der Waals surface area contributed by atoms with Crippen molar-refractivity contribution in [1.29, 1.82) is 0 Å². The zero-order chi connectivity index (χ0) is 14.3. The van der Waals surface area contributed by atoms with E-state index in [0.29, 0.717) is 18.1 Å². The van der Waals surface area contributed by atoms with Crippen molar-refractivity contribution in [3.05, 3.63) is 28.8 Å². The number of hydrogen-bond donors (Lipinski definition) is 2. The molecule has 0 aliphatic carbocycles. The summed E-state index contributed by atoms with van der Waals surface area (Å²) in [6.07, 6.45) is 1.34. The molecule has 2 N–H and O–H groups in total. The molecule has 19 heavy (non-hydrogen) atoms. The van der Waals surface area contributed by atoms with Crippen LogP contribution in [0, 0.1) is 0 Å². The first-order valence-electron chi connectivity index (χ1n) is 6.92. The van der Waals surface area contributed by atoms with Gasteiger partial charge in [0.15, 0.2) is 0 Å². The number of hydrogen-bond acceptors (Lipinski definition) is 3. The Kier molecular flexibility index (Phi) is 7.21. The molecule has 0 saturated carbocycles. The van der Waals surface area contributed by atoms with Gasteiger partial charge in [-0.25, -0.2) is 0 Å². The molecule has 0 aliphatic rings. The summed E-state index contributed by atoms with van der Waals surface area (Å²) in [5, 5.41) is 13.7. The SMILES string of the molecule is CCCNC(C)c1cc(Cl)ccc1OCC(O)CC. The first-order valence-corrected chi connectivity index (χ1v) is 7.29. The van der Waals surface area contributed by atoms with Crippen LogP contribution in [0.1, 0.15) is 45.2 Å². The summed E-state index contributed by atoms with van der Waals surface area (Å²) in [6.45, 7) is 7.41. The lowest BCUT2D eigenvalue weighted by Crippen LogP contribution is -2.21. The first kappa shape index (κ1) is 16.3. The van der Waals surface area contributed by atoms with Crippen LogP contribution in [0.25, 0.3) is 0 Å². The van der Waals surface area contributed by atoms with E-state index >= 15 is 0 Å². The number of nitrogens with one attached hydrogen (secondary N) is 1. The largest absolute Gasteiger partial charge is 0.491 e. The molecule has 1 aromatic rings. The van der Waals surface area contributed by atoms with Crippen molar-refractivity contribution in [1.82, 2.24) is 5.32 Å². The van der Waals surface area contributed by atoms with E-state index in [9.17, 15) is 5.11 Å². The fourth-order valence-electron chi connectivity index (χ4n) is 1.76. The van der Waals surface area contributed by atoms with E-state index in [4.69, 9.17) is 16.3 Å². The molecule has 0 saturated heterocycles. The molecule has 0 amide bonds. The zero-order valence-corrected chi connectivity index (χ0v) is 12.7. The highest BCUT2D eigenvalue weighted by Crippen LogP contribution is 2.28. The summed E-state index contributed by atoms with van der Waals surface area (Å²) < 4.78 is 5.70. The van der Waals surface area contributed by atoms with E-state index < -0.39 is 6.10 Å². The average molecular weight is 286 g/mol. The Labute approximate surface area is 120 Å². The number of rotatable bonds is 8. The van der Waals surface area contributed by atoms with Gasteiger partial charge in [-0.1, -0.05) is 25.4 Å². The van der Waals surface area contributed by atoms with E-state index in [0.717, 1.165) is 24.3 Å². The second-order valence-electron chi connectivity index (χ2n) is 4.73. The van der Waals surface area contributed by atoms with Crippen LogP contribution in [-0.4, -0.2) is 24.4 Å². The van der Waals surface area contributed by atoms with Gasteiger partial charge in [0.2, 0.25) is 0 Å². The van der Waals surface area contributed by atoms with Gasteiger partial charge in [-0.2, -0.15) is 0 Å². The molecule has 0 radical (unpaired) electrons. The van der Waals surface area contributed by atoms with Gasteiger partial charge in [-0.05, 0) is 44.5 Å². The fourth-order valence-corrected chi connectivity index (χ4v) is 1.94. The van der Waals surface area contributed by atoms with Crippen LogP contribution >= 0.6 is 11.6 Å². The van der Waals surface area contributed by atoms with Crippen LogP contribution in [0.3, 0.4) is 0 Å². The molecule has 0 aromatic heterocycles. The van der Waals surface area contributed by atoms with Crippen molar-refractivity contribution < 1.29 is 9.84 Å². The van der Waals surface area contributed by atoms with Crippen molar-refractivity contribution >= 4 is 11.6 Å². The molecule has 3 nitrogen and oxygen atoms in total. The molecule has 2 unspecified atom stereocenters. The third kappa shape index (κ3) is 5.39. The van der Waals surface area contributed by atoms with Gasteiger partial charge < -0.3 is 15.2 Å². The van der Waals surface area contributed by atoms with Crippen LogP contribution in [0.2, 0.25) is 5.02 Å². The van der Waals surface area contributed by atoms with Crippen LogP contribution in [0.4, 0.5) is 0 Å². The van der Waals surface area contributed by atoms with Gasteiger partial charge in [0.25, 0.3) is 0 Å². The maximum Gasteiger partial charge on any atom is 0.124 e. The highest BCUT2D eigenvalue weighted by atomic mass is 35.5. The van der Waals surface area contributed by atoms with Gasteiger partial charge in [0.05, 0.1) is 6.10 Å². The zero-order valence-electron chi connectivity index (χ0n) is 11.9. The Morgan fingerprint density at radius 1 is 1.37 bits per heavy atom. The van der Waals surface area contributed by atoms with E-state index in [2.05, 4.69) is 19.2 Å². The highest BCUT2D eigenvalue weighted by Gasteiger charge is 2.13. The number of aliphatic hydroxyl groups is 1. The molecule has 1 rings (SSSR count). The van der Waals surface area contributed by atoms with Crippen LogP contribution < -0.4 is 10.1 Å². The lowest BCUT2D eigenvalue weighted by atomic mass is 10.1. The van der Waals surface area contributed by atoms with Gasteiger partial charge in [0.1, 0.15) is 12.4 Å². The number of benzene rings is 1. The summed E-state index contributed by atoms with van der Waals surface area (Å²) in [4.78, 5) is 0. The standard InChI is InChI=1S/C15H24ClNO2/c1-4-8-17-11(3)14-9-12(16)6-7-15(14)19-10-13(18)5-2/h6-7,9,11,13,17-18H,4-5,8,10H2,1-3H3. The third-order valence-electron chi connectivity index (χ3n) is 3.04. The lowest BCUT2D eigenvalue weighted by Gasteiger charge is -2.19. The normalized spacial score (nSPS) is 14.2. The van der Waals surface area contributed by atoms with E-state index in [1.165, 1.54) is 0 Å². The van der Waals surface area contributed by atoms with Crippen molar-refractivity contribution in [2.24, 2.45) is 0 Å². The molecule has 108 valence electrons. The minimum atomic E-state index is -0.428. The maximum atomic E-state index is 9.58. The molecule has 0 fully saturated rings. The Balaban J connectivity index is 2.78. The molecule has 0 spiro atoms. The molecule has 0 bridgehead atoms. The Morgan fingerprint density at radius 2 is 2.11 bits per heavy atom. The van der Waals surface area contributed by atoms with Gasteiger partial charge >= 0.3 is 0 Å². The van der Waals surface area contributed by atoms with E-state index in [1.54, 1.807) is 0 Å².